The van der Waals surface area contributed by atoms with Crippen molar-refractivity contribution in [3.63, 3.8) is 0 Å². The minimum Gasteiger partial charge on any atom is -0.364 e. The summed E-state index contributed by atoms with van der Waals surface area (Å²) in [5.41, 5.74) is 2.49. The highest BCUT2D eigenvalue weighted by atomic mass is 35.5. The number of hydrogen-bond acceptors (Lipinski definition) is 4. The van der Waals surface area contributed by atoms with Gasteiger partial charge in [0.1, 0.15) is 5.82 Å². The normalized spacial score (nSPS) is 13.8. The molecule has 0 spiro atoms. The lowest BCUT2D eigenvalue weighted by atomic mass is 10.1. The molecule has 1 fully saturated rings. The number of anilines is 1. The SMILES string of the molecule is O=C(c1cccc(CNc2n[nH]c3cc(F)ccc23)c1)N1CCN(C(=O)c2ccc(Cl)cc2Cl)CC1. The van der Waals surface area contributed by atoms with E-state index in [4.69, 9.17) is 23.2 Å². The Morgan fingerprint density at radius 1 is 0.944 bits per heavy atom. The monoisotopic (exact) mass is 525 g/mol. The van der Waals surface area contributed by atoms with Crippen LogP contribution in [0.5, 0.6) is 0 Å². The molecule has 36 heavy (non-hydrogen) atoms. The van der Waals surface area contributed by atoms with Gasteiger partial charge in [-0.05, 0) is 54.1 Å². The van der Waals surface area contributed by atoms with Crippen molar-refractivity contribution >= 4 is 51.7 Å². The molecule has 0 unspecified atom stereocenters. The van der Waals surface area contributed by atoms with Gasteiger partial charge in [0.05, 0.1) is 16.1 Å². The third kappa shape index (κ3) is 5.01. The fraction of sp³-hybridized carbons (Fsp3) is 0.192. The lowest BCUT2D eigenvalue weighted by Gasteiger charge is -2.35. The molecule has 0 aliphatic carbocycles. The molecular weight excluding hydrogens is 504 g/mol. The number of nitrogens with zero attached hydrogens (tertiary/aromatic N) is 3. The first-order chi connectivity index (χ1) is 17.4. The number of rotatable bonds is 5. The number of carbonyl (C=O) groups excluding carboxylic acids is 2. The molecule has 0 atom stereocenters. The van der Waals surface area contributed by atoms with Crippen molar-refractivity contribution in [1.82, 2.24) is 20.0 Å². The molecule has 1 aromatic heterocycles. The molecule has 1 aliphatic heterocycles. The standard InChI is InChI=1S/C26H22Cl2FN5O2/c27-18-4-6-20(22(28)13-18)26(36)34-10-8-33(9-11-34)25(35)17-3-1-2-16(12-17)15-30-24-21-7-5-19(29)14-23(21)31-32-24/h1-7,12-14H,8-11,15H2,(H2,30,31,32). The van der Waals surface area contributed by atoms with Gasteiger partial charge < -0.3 is 15.1 Å². The lowest BCUT2D eigenvalue weighted by Crippen LogP contribution is -2.50. The number of halogens is 3. The van der Waals surface area contributed by atoms with E-state index < -0.39 is 0 Å². The second-order valence-corrected chi connectivity index (χ2v) is 9.37. The van der Waals surface area contributed by atoms with E-state index in [1.807, 2.05) is 18.2 Å². The first kappa shape index (κ1) is 24.1. The maximum Gasteiger partial charge on any atom is 0.255 e. The van der Waals surface area contributed by atoms with Gasteiger partial charge in [0.2, 0.25) is 0 Å². The highest BCUT2D eigenvalue weighted by Gasteiger charge is 2.26. The van der Waals surface area contributed by atoms with Crippen molar-refractivity contribution in [2.75, 3.05) is 31.5 Å². The molecule has 4 aromatic rings. The molecule has 3 aromatic carbocycles. The number of benzene rings is 3. The van der Waals surface area contributed by atoms with Crippen LogP contribution in [0, 0.1) is 5.82 Å². The summed E-state index contributed by atoms with van der Waals surface area (Å²) in [5.74, 6) is 0.0193. The molecule has 1 aliphatic rings. The fourth-order valence-electron chi connectivity index (χ4n) is 4.26. The quantitative estimate of drug-likeness (QED) is 0.374. The summed E-state index contributed by atoms with van der Waals surface area (Å²) in [6, 6.07) is 16.6. The molecule has 0 bridgehead atoms. The number of nitrogens with one attached hydrogen (secondary N) is 2. The van der Waals surface area contributed by atoms with E-state index in [1.54, 1.807) is 40.1 Å². The molecule has 2 heterocycles. The molecule has 7 nitrogen and oxygen atoms in total. The fourth-order valence-corrected chi connectivity index (χ4v) is 4.74. The number of H-pyrrole nitrogens is 1. The molecule has 2 amide bonds. The average molecular weight is 526 g/mol. The first-order valence-corrected chi connectivity index (χ1v) is 12.1. The van der Waals surface area contributed by atoms with Gasteiger partial charge in [0.25, 0.3) is 11.8 Å². The number of aromatic nitrogens is 2. The predicted molar refractivity (Wildman–Crippen MR) is 138 cm³/mol. The van der Waals surface area contributed by atoms with Crippen LogP contribution in [0.15, 0.2) is 60.7 Å². The van der Waals surface area contributed by atoms with Crippen LogP contribution in [-0.2, 0) is 6.54 Å². The topological polar surface area (TPSA) is 81.3 Å². The van der Waals surface area contributed by atoms with Crippen molar-refractivity contribution < 1.29 is 14.0 Å². The Morgan fingerprint density at radius 2 is 1.69 bits per heavy atom. The number of piperazine rings is 1. The van der Waals surface area contributed by atoms with E-state index in [1.165, 1.54) is 12.1 Å². The van der Waals surface area contributed by atoms with Crippen molar-refractivity contribution in [2.45, 2.75) is 6.54 Å². The lowest BCUT2D eigenvalue weighted by molar-refractivity contribution is 0.0535. The van der Waals surface area contributed by atoms with E-state index in [2.05, 4.69) is 15.5 Å². The van der Waals surface area contributed by atoms with Crippen molar-refractivity contribution in [1.29, 1.82) is 0 Å². The number of fused-ring (bicyclic) bond motifs is 1. The highest BCUT2D eigenvalue weighted by Crippen LogP contribution is 2.24. The third-order valence-electron chi connectivity index (χ3n) is 6.17. The summed E-state index contributed by atoms with van der Waals surface area (Å²) in [6.45, 7) is 2.12. The van der Waals surface area contributed by atoms with E-state index in [0.717, 1.165) is 10.9 Å². The Kier molecular flexibility index (Phi) is 6.80. The summed E-state index contributed by atoms with van der Waals surface area (Å²) in [4.78, 5) is 29.4. The smallest absolute Gasteiger partial charge is 0.255 e. The molecule has 0 saturated carbocycles. The van der Waals surface area contributed by atoms with Crippen molar-refractivity contribution in [3.05, 3.63) is 93.2 Å². The van der Waals surface area contributed by atoms with E-state index in [-0.39, 0.29) is 17.6 Å². The Bertz CT molecular complexity index is 1450. The van der Waals surface area contributed by atoms with Gasteiger partial charge in [-0.25, -0.2) is 4.39 Å². The number of aromatic amines is 1. The maximum absolute atomic E-state index is 13.4. The first-order valence-electron chi connectivity index (χ1n) is 11.4. The molecule has 10 heteroatoms. The highest BCUT2D eigenvalue weighted by molar-refractivity contribution is 6.36. The summed E-state index contributed by atoms with van der Waals surface area (Å²) in [5, 5.41) is 11.8. The third-order valence-corrected chi connectivity index (χ3v) is 6.72. The summed E-state index contributed by atoms with van der Waals surface area (Å²) < 4.78 is 13.4. The zero-order chi connectivity index (χ0) is 25.2. The van der Waals surface area contributed by atoms with Crippen LogP contribution in [0.25, 0.3) is 10.9 Å². The second kappa shape index (κ2) is 10.2. The van der Waals surface area contributed by atoms with Crippen LogP contribution >= 0.6 is 23.2 Å². The van der Waals surface area contributed by atoms with Gasteiger partial charge in [-0.3, -0.25) is 14.7 Å². The average Bonchev–Trinajstić information content (AvgIpc) is 3.29. The summed E-state index contributed by atoms with van der Waals surface area (Å²) in [7, 11) is 0. The van der Waals surface area contributed by atoms with Gasteiger partial charge in [-0.2, -0.15) is 5.10 Å². The van der Waals surface area contributed by atoms with E-state index >= 15 is 0 Å². The van der Waals surface area contributed by atoms with Crippen LogP contribution in [-0.4, -0.2) is 58.0 Å². The zero-order valence-corrected chi connectivity index (χ0v) is 20.6. The van der Waals surface area contributed by atoms with Crippen LogP contribution < -0.4 is 5.32 Å². The molecule has 0 radical (unpaired) electrons. The molecule has 5 rings (SSSR count). The summed E-state index contributed by atoms with van der Waals surface area (Å²) >= 11 is 12.1. The minimum absolute atomic E-state index is 0.0887. The second-order valence-electron chi connectivity index (χ2n) is 8.52. The molecule has 184 valence electrons. The van der Waals surface area contributed by atoms with Gasteiger partial charge in [-0.1, -0.05) is 35.3 Å². The largest absolute Gasteiger partial charge is 0.364 e. The van der Waals surface area contributed by atoms with Gasteiger partial charge in [0, 0.05) is 48.7 Å². The van der Waals surface area contributed by atoms with Gasteiger partial charge in [0.15, 0.2) is 5.82 Å². The molecule has 2 N–H and O–H groups in total. The Labute approximate surface area is 216 Å². The number of hydrogen-bond donors (Lipinski definition) is 2. The van der Waals surface area contributed by atoms with Crippen molar-refractivity contribution in [2.24, 2.45) is 0 Å². The van der Waals surface area contributed by atoms with Crippen molar-refractivity contribution in [3.8, 4) is 0 Å². The summed E-state index contributed by atoms with van der Waals surface area (Å²) in [6.07, 6.45) is 0. The zero-order valence-electron chi connectivity index (χ0n) is 19.1. The molecule has 1 saturated heterocycles. The van der Waals surface area contributed by atoms with Crippen LogP contribution in [0.2, 0.25) is 10.0 Å². The number of carbonyl (C=O) groups is 2. The number of amides is 2. The van der Waals surface area contributed by atoms with Crippen LogP contribution in [0.3, 0.4) is 0 Å². The van der Waals surface area contributed by atoms with Crippen LogP contribution in [0.1, 0.15) is 26.3 Å². The predicted octanol–water partition coefficient (Wildman–Crippen LogP) is 5.22. The Hall–Kier alpha value is -3.62. The van der Waals surface area contributed by atoms with Gasteiger partial charge >= 0.3 is 0 Å². The van der Waals surface area contributed by atoms with E-state index in [0.29, 0.717) is 65.2 Å². The minimum atomic E-state index is -0.331. The van der Waals surface area contributed by atoms with Gasteiger partial charge in [-0.15, -0.1) is 0 Å². The Balaban J connectivity index is 1.20. The molecular formula is C26H22Cl2FN5O2. The van der Waals surface area contributed by atoms with E-state index in [9.17, 15) is 14.0 Å². The van der Waals surface area contributed by atoms with Crippen LogP contribution in [0.4, 0.5) is 10.2 Å². The Morgan fingerprint density at radius 3 is 2.44 bits per heavy atom. The maximum atomic E-state index is 13.4.